The molecule has 0 bridgehead atoms. The number of aliphatic imine (C=N–C) groups is 1. The zero-order valence-corrected chi connectivity index (χ0v) is 33.5. The molecule has 0 radical (unpaired) electrons. The SMILES string of the molecule is C#CCCC(=O)C[C@@H](CC(C)C)C(=O)N[C@@H](C)C(=O)C[C@@H](CCCN=C(N)N)C(=O)N[C@@H](CC(C)C)C(=O)C[C@@H](CC(C)C)C(=O)N[C@H](C(=O)O)C(C)O. The summed E-state index contributed by atoms with van der Waals surface area (Å²) in [4.78, 5) is 95.7. The monoisotopic (exact) mass is 762 g/mol. The molecule has 3 amide bonds. The molecule has 15 heteroatoms. The van der Waals surface area contributed by atoms with E-state index >= 15 is 0 Å². The Morgan fingerprint density at radius 3 is 1.69 bits per heavy atom. The normalized spacial score (nSPS) is 15.2. The number of amides is 3. The first-order chi connectivity index (χ1) is 25.1. The molecule has 0 aromatic rings. The molecular weight excluding hydrogens is 696 g/mol. The van der Waals surface area contributed by atoms with Crippen molar-refractivity contribution in [2.24, 2.45) is 52.0 Å². The predicted molar refractivity (Wildman–Crippen MR) is 206 cm³/mol. The van der Waals surface area contributed by atoms with E-state index in [1.54, 1.807) is 0 Å². The van der Waals surface area contributed by atoms with Crippen LogP contribution in [0.5, 0.6) is 0 Å². The highest BCUT2D eigenvalue weighted by Crippen LogP contribution is 2.22. The lowest BCUT2D eigenvalue weighted by atomic mass is 9.87. The molecular formula is C39H66N6O9. The molecule has 0 saturated heterocycles. The van der Waals surface area contributed by atoms with Crippen molar-refractivity contribution in [2.45, 2.75) is 144 Å². The van der Waals surface area contributed by atoms with Gasteiger partial charge < -0.3 is 37.6 Å². The topological polar surface area (TPSA) is 260 Å². The Balaban J connectivity index is 6.18. The number of guanidine groups is 1. The first-order valence-corrected chi connectivity index (χ1v) is 19.0. The van der Waals surface area contributed by atoms with E-state index in [2.05, 4.69) is 26.9 Å². The molecule has 306 valence electrons. The molecule has 9 N–H and O–H groups in total. The fourth-order valence-electron chi connectivity index (χ4n) is 6.07. The van der Waals surface area contributed by atoms with Crippen LogP contribution in [0.2, 0.25) is 0 Å². The first-order valence-electron chi connectivity index (χ1n) is 19.0. The zero-order valence-electron chi connectivity index (χ0n) is 33.5. The van der Waals surface area contributed by atoms with E-state index in [1.165, 1.54) is 13.8 Å². The van der Waals surface area contributed by atoms with Crippen molar-refractivity contribution in [3.05, 3.63) is 0 Å². The van der Waals surface area contributed by atoms with Gasteiger partial charge >= 0.3 is 5.97 Å². The van der Waals surface area contributed by atoms with Gasteiger partial charge in [0, 0.05) is 56.4 Å². The van der Waals surface area contributed by atoms with Gasteiger partial charge in [-0.2, -0.15) is 0 Å². The number of hydrogen-bond acceptors (Lipinski definition) is 9. The number of Topliss-reactive ketones (excluding diaryl/α,β-unsaturated/α-hetero) is 3. The molecule has 0 saturated carbocycles. The Morgan fingerprint density at radius 1 is 0.704 bits per heavy atom. The summed E-state index contributed by atoms with van der Waals surface area (Å²) in [6, 6.07) is -3.58. The van der Waals surface area contributed by atoms with E-state index < -0.39 is 77.2 Å². The van der Waals surface area contributed by atoms with Crippen molar-refractivity contribution in [3.8, 4) is 12.3 Å². The maximum absolute atomic E-state index is 13.9. The third kappa shape index (κ3) is 20.8. The maximum Gasteiger partial charge on any atom is 0.328 e. The van der Waals surface area contributed by atoms with E-state index in [0.717, 1.165) is 0 Å². The molecule has 0 heterocycles. The van der Waals surface area contributed by atoms with Crippen LogP contribution >= 0.6 is 0 Å². The van der Waals surface area contributed by atoms with Gasteiger partial charge in [-0.05, 0) is 63.7 Å². The molecule has 1 unspecified atom stereocenters. The van der Waals surface area contributed by atoms with Gasteiger partial charge in [0.2, 0.25) is 17.7 Å². The van der Waals surface area contributed by atoms with Gasteiger partial charge in [0.15, 0.2) is 23.6 Å². The van der Waals surface area contributed by atoms with Crippen LogP contribution in [0.4, 0.5) is 0 Å². The van der Waals surface area contributed by atoms with Crippen molar-refractivity contribution in [3.63, 3.8) is 0 Å². The average molecular weight is 763 g/mol. The summed E-state index contributed by atoms with van der Waals surface area (Å²) in [6.07, 6.45) is 5.14. The van der Waals surface area contributed by atoms with Crippen LogP contribution in [-0.4, -0.2) is 88.0 Å². The molecule has 0 aliphatic rings. The molecule has 7 atom stereocenters. The van der Waals surface area contributed by atoms with Crippen LogP contribution < -0.4 is 27.4 Å². The van der Waals surface area contributed by atoms with Gasteiger partial charge in [-0.15, -0.1) is 12.3 Å². The van der Waals surface area contributed by atoms with E-state index in [-0.39, 0.29) is 87.4 Å². The summed E-state index contributed by atoms with van der Waals surface area (Å²) < 4.78 is 0. The summed E-state index contributed by atoms with van der Waals surface area (Å²) in [7, 11) is 0. The highest BCUT2D eigenvalue weighted by atomic mass is 16.4. The van der Waals surface area contributed by atoms with Crippen molar-refractivity contribution in [2.75, 3.05) is 6.54 Å². The summed E-state index contributed by atoms with van der Waals surface area (Å²) in [5.74, 6) is -4.39. The summed E-state index contributed by atoms with van der Waals surface area (Å²) in [5.41, 5.74) is 10.9. The number of rotatable bonds is 28. The number of aliphatic hydroxyl groups excluding tert-OH is 1. The molecule has 0 spiro atoms. The van der Waals surface area contributed by atoms with E-state index in [4.69, 9.17) is 17.9 Å². The number of carbonyl (C=O) groups is 7. The minimum absolute atomic E-state index is 0.00588. The zero-order chi connectivity index (χ0) is 41.7. The molecule has 0 aliphatic heterocycles. The molecule has 0 rings (SSSR count). The number of carbonyl (C=O) groups excluding carboxylic acids is 6. The predicted octanol–water partition coefficient (Wildman–Crippen LogP) is 2.26. The number of nitrogens with zero attached hydrogens (tertiary/aromatic N) is 1. The fraction of sp³-hybridized carbons (Fsp3) is 0.744. The number of carboxylic acids is 1. The highest BCUT2D eigenvalue weighted by Gasteiger charge is 2.34. The van der Waals surface area contributed by atoms with Gasteiger partial charge in [0.25, 0.3) is 0 Å². The van der Waals surface area contributed by atoms with Crippen molar-refractivity contribution < 1.29 is 43.8 Å². The number of nitrogens with two attached hydrogens (primary N) is 2. The second-order valence-corrected chi connectivity index (χ2v) is 15.6. The number of ketones is 3. The molecule has 0 fully saturated rings. The average Bonchev–Trinajstić information content (AvgIpc) is 3.05. The number of carboxylic acid groups (broad SMARTS) is 1. The quantitative estimate of drug-likeness (QED) is 0.0263. The van der Waals surface area contributed by atoms with E-state index in [0.29, 0.717) is 12.8 Å². The number of aliphatic hydroxyl groups is 1. The van der Waals surface area contributed by atoms with Crippen molar-refractivity contribution >= 4 is 47.0 Å². The third-order valence-electron chi connectivity index (χ3n) is 8.85. The van der Waals surface area contributed by atoms with E-state index in [1.807, 2.05) is 41.5 Å². The summed E-state index contributed by atoms with van der Waals surface area (Å²) in [6.45, 7) is 14.2. The van der Waals surface area contributed by atoms with Crippen molar-refractivity contribution in [1.82, 2.24) is 16.0 Å². The van der Waals surface area contributed by atoms with Crippen LogP contribution in [0.15, 0.2) is 4.99 Å². The molecule has 0 aromatic heterocycles. The molecule has 0 aromatic carbocycles. The second kappa shape index (κ2) is 25.7. The van der Waals surface area contributed by atoms with Crippen molar-refractivity contribution in [1.29, 1.82) is 0 Å². The van der Waals surface area contributed by atoms with Crippen LogP contribution in [0.3, 0.4) is 0 Å². The largest absolute Gasteiger partial charge is 0.480 e. The number of hydrogen-bond donors (Lipinski definition) is 7. The Hall–Kier alpha value is -4.32. The Morgan fingerprint density at radius 2 is 1.20 bits per heavy atom. The lowest BCUT2D eigenvalue weighted by molar-refractivity contribution is -0.145. The van der Waals surface area contributed by atoms with Gasteiger partial charge in [0.05, 0.1) is 18.2 Å². The fourth-order valence-corrected chi connectivity index (χ4v) is 6.07. The standard InChI is InChI=1S/C39H66N6O9/c1-10-11-14-30(47)19-28(16-22(2)3)36(51)43-25(8)32(48)20-27(13-12-15-42-39(40)41)35(50)44-31(18-24(6)7)33(49)21-29(17-23(4)5)37(52)45-34(26(9)46)38(53)54/h1,22-29,31,34,46H,11-21H2,2-9H3,(H,43,51)(H,44,50)(H,45,52)(H,53,54)(H4,40,41,42)/t25-,26?,27+,28+,29+,31-,34-/m0/s1. The molecule has 0 aliphatic carbocycles. The van der Waals surface area contributed by atoms with Crippen LogP contribution in [0.25, 0.3) is 0 Å². The maximum atomic E-state index is 13.9. The van der Waals surface area contributed by atoms with Crippen LogP contribution in [0.1, 0.15) is 120 Å². The lowest BCUT2D eigenvalue weighted by Gasteiger charge is -2.27. The molecule has 54 heavy (non-hydrogen) atoms. The van der Waals surface area contributed by atoms with Gasteiger partial charge in [-0.25, -0.2) is 4.79 Å². The molecule has 15 nitrogen and oxygen atoms in total. The van der Waals surface area contributed by atoms with Gasteiger partial charge in [0.1, 0.15) is 5.78 Å². The van der Waals surface area contributed by atoms with Crippen LogP contribution in [0, 0.1) is 47.9 Å². The Bertz CT molecular complexity index is 1330. The van der Waals surface area contributed by atoms with Gasteiger partial charge in [-0.3, -0.25) is 33.8 Å². The summed E-state index contributed by atoms with van der Waals surface area (Å²) in [5, 5.41) is 27.2. The highest BCUT2D eigenvalue weighted by molar-refractivity contribution is 5.96. The Kier molecular flexibility index (Phi) is 23.6. The summed E-state index contributed by atoms with van der Waals surface area (Å²) >= 11 is 0. The minimum atomic E-state index is -1.57. The number of aliphatic carboxylic acids is 1. The third-order valence-corrected chi connectivity index (χ3v) is 8.85. The second-order valence-electron chi connectivity index (χ2n) is 15.6. The number of terminal acetylenes is 1. The number of nitrogens with one attached hydrogen (secondary N) is 3. The Labute approximate surface area is 321 Å². The van der Waals surface area contributed by atoms with E-state index in [9.17, 15) is 43.8 Å². The first kappa shape index (κ1) is 49.7. The minimum Gasteiger partial charge on any atom is -0.480 e. The van der Waals surface area contributed by atoms with Crippen LogP contribution in [-0.2, 0) is 33.6 Å². The van der Waals surface area contributed by atoms with Gasteiger partial charge in [-0.1, -0.05) is 41.5 Å². The lowest BCUT2D eigenvalue weighted by Crippen LogP contribution is -2.51. The smallest absolute Gasteiger partial charge is 0.328 e.